The van der Waals surface area contributed by atoms with Crippen LogP contribution < -0.4 is 4.74 Å². The zero-order valence-electron chi connectivity index (χ0n) is 18.7. The highest BCUT2D eigenvalue weighted by molar-refractivity contribution is 5.90. The summed E-state index contributed by atoms with van der Waals surface area (Å²) in [4.78, 5) is 19.8. The van der Waals surface area contributed by atoms with Gasteiger partial charge in [-0.3, -0.25) is 14.6 Å². The quantitative estimate of drug-likeness (QED) is 0.384. The van der Waals surface area contributed by atoms with Crippen molar-refractivity contribution < 1.29 is 24.5 Å². The van der Waals surface area contributed by atoms with Crippen molar-refractivity contribution in [2.75, 3.05) is 52.5 Å². The number of aromatic amines is 1. The number of piperazine rings is 1. The lowest BCUT2D eigenvalue weighted by molar-refractivity contribution is -0.144. The minimum absolute atomic E-state index is 0.0255. The van der Waals surface area contributed by atoms with Crippen LogP contribution in [0.4, 0.5) is 0 Å². The van der Waals surface area contributed by atoms with Crippen LogP contribution in [-0.2, 0) is 16.1 Å². The molecule has 0 radical (unpaired) electrons. The topological polar surface area (TPSA) is 98.3 Å². The standard InChI is InChI=1S/C25H31N3O5/c29-13-15-32-14-12-27-8-10-28(11-9-27)24(25(30)31)22-17-26-23-7-6-20(16-21(22)23)33-18-19-4-2-1-3-5-19/h1-7,16-17,24,26,29H,8-15,18H2,(H,30,31). The summed E-state index contributed by atoms with van der Waals surface area (Å²) in [5, 5.41) is 19.8. The number of carbonyl (C=O) groups is 1. The molecule has 2 aromatic carbocycles. The Bertz CT molecular complexity index is 1030. The summed E-state index contributed by atoms with van der Waals surface area (Å²) in [6, 6.07) is 15.0. The second-order valence-electron chi connectivity index (χ2n) is 8.18. The molecule has 0 saturated carbocycles. The van der Waals surface area contributed by atoms with Gasteiger partial charge in [-0.1, -0.05) is 30.3 Å². The molecule has 1 aliphatic rings. The van der Waals surface area contributed by atoms with Gasteiger partial charge in [0.15, 0.2) is 0 Å². The first-order valence-corrected chi connectivity index (χ1v) is 11.3. The Morgan fingerprint density at radius 2 is 1.85 bits per heavy atom. The molecule has 1 unspecified atom stereocenters. The predicted molar refractivity (Wildman–Crippen MR) is 125 cm³/mol. The lowest BCUT2D eigenvalue weighted by atomic mass is 10.0. The van der Waals surface area contributed by atoms with Gasteiger partial charge in [0.05, 0.1) is 19.8 Å². The highest BCUT2D eigenvalue weighted by Crippen LogP contribution is 2.32. The fourth-order valence-electron chi connectivity index (χ4n) is 4.27. The van der Waals surface area contributed by atoms with Gasteiger partial charge >= 0.3 is 5.97 Å². The molecule has 33 heavy (non-hydrogen) atoms. The molecular weight excluding hydrogens is 422 g/mol. The zero-order chi connectivity index (χ0) is 23.0. The molecule has 3 aromatic rings. The Labute approximate surface area is 193 Å². The molecule has 0 bridgehead atoms. The molecule has 4 rings (SSSR count). The number of aromatic nitrogens is 1. The largest absolute Gasteiger partial charge is 0.489 e. The van der Waals surface area contributed by atoms with E-state index in [-0.39, 0.29) is 6.61 Å². The lowest BCUT2D eigenvalue weighted by Gasteiger charge is -2.37. The maximum atomic E-state index is 12.3. The monoisotopic (exact) mass is 453 g/mol. The number of hydrogen-bond acceptors (Lipinski definition) is 6. The third-order valence-electron chi connectivity index (χ3n) is 6.02. The van der Waals surface area contributed by atoms with Crippen LogP contribution in [0, 0.1) is 0 Å². The van der Waals surface area contributed by atoms with Crippen LogP contribution in [0.5, 0.6) is 5.75 Å². The number of nitrogens with one attached hydrogen (secondary N) is 1. The SMILES string of the molecule is O=C(O)C(c1c[nH]c2ccc(OCc3ccccc3)cc12)N1CCN(CCOCCO)CC1. The van der Waals surface area contributed by atoms with E-state index >= 15 is 0 Å². The molecule has 1 fully saturated rings. The van der Waals surface area contributed by atoms with Gasteiger partial charge in [-0.15, -0.1) is 0 Å². The van der Waals surface area contributed by atoms with E-state index in [2.05, 4.69) is 9.88 Å². The summed E-state index contributed by atoms with van der Waals surface area (Å²) < 4.78 is 11.3. The number of rotatable bonds is 11. The van der Waals surface area contributed by atoms with Gasteiger partial charge in [-0.25, -0.2) is 0 Å². The first-order valence-electron chi connectivity index (χ1n) is 11.3. The van der Waals surface area contributed by atoms with E-state index < -0.39 is 12.0 Å². The van der Waals surface area contributed by atoms with Crippen molar-refractivity contribution in [3.8, 4) is 5.75 Å². The number of carboxylic acids is 1. The van der Waals surface area contributed by atoms with E-state index in [1.807, 2.05) is 53.4 Å². The van der Waals surface area contributed by atoms with Crippen molar-refractivity contribution in [1.29, 1.82) is 0 Å². The normalized spacial score (nSPS) is 16.2. The molecule has 8 nitrogen and oxygen atoms in total. The van der Waals surface area contributed by atoms with Crippen molar-refractivity contribution >= 4 is 16.9 Å². The molecule has 1 aliphatic heterocycles. The van der Waals surface area contributed by atoms with Crippen LogP contribution in [0.15, 0.2) is 54.7 Å². The van der Waals surface area contributed by atoms with Crippen LogP contribution in [0.25, 0.3) is 10.9 Å². The number of carboxylic acid groups (broad SMARTS) is 1. The second-order valence-corrected chi connectivity index (χ2v) is 8.18. The fraction of sp³-hybridized carbons (Fsp3) is 0.400. The average Bonchev–Trinajstić information content (AvgIpc) is 3.25. The van der Waals surface area contributed by atoms with Gasteiger partial charge in [-0.05, 0) is 23.8 Å². The van der Waals surface area contributed by atoms with Crippen molar-refractivity contribution in [3.05, 3.63) is 65.9 Å². The van der Waals surface area contributed by atoms with Crippen LogP contribution in [-0.4, -0.2) is 83.5 Å². The summed E-state index contributed by atoms with van der Waals surface area (Å²) in [5.41, 5.74) is 2.72. The van der Waals surface area contributed by atoms with Crippen LogP contribution in [0.3, 0.4) is 0 Å². The first kappa shape index (κ1) is 23.3. The molecule has 0 spiro atoms. The summed E-state index contributed by atoms with van der Waals surface area (Å²) in [6.07, 6.45) is 1.81. The number of nitrogens with zero attached hydrogens (tertiary/aromatic N) is 2. The molecule has 1 saturated heterocycles. The Kier molecular flexibility index (Phi) is 7.96. The van der Waals surface area contributed by atoms with E-state index in [1.165, 1.54) is 0 Å². The van der Waals surface area contributed by atoms with Gasteiger partial charge in [0.1, 0.15) is 18.4 Å². The van der Waals surface area contributed by atoms with E-state index in [0.29, 0.717) is 38.7 Å². The number of aliphatic hydroxyl groups is 1. The van der Waals surface area contributed by atoms with Gasteiger partial charge in [0.25, 0.3) is 0 Å². The second kappa shape index (κ2) is 11.3. The molecule has 1 atom stereocenters. The number of ether oxygens (including phenoxy) is 2. The Balaban J connectivity index is 1.44. The minimum Gasteiger partial charge on any atom is -0.489 e. The van der Waals surface area contributed by atoms with Crippen molar-refractivity contribution in [2.45, 2.75) is 12.6 Å². The van der Waals surface area contributed by atoms with Crippen LogP contribution in [0.1, 0.15) is 17.2 Å². The number of fused-ring (bicyclic) bond motifs is 1. The summed E-state index contributed by atoms with van der Waals surface area (Å²) in [7, 11) is 0. The highest BCUT2D eigenvalue weighted by atomic mass is 16.5. The third kappa shape index (κ3) is 5.91. The van der Waals surface area contributed by atoms with Gasteiger partial charge in [-0.2, -0.15) is 0 Å². The number of hydrogen-bond donors (Lipinski definition) is 3. The van der Waals surface area contributed by atoms with E-state index in [0.717, 1.165) is 41.7 Å². The summed E-state index contributed by atoms with van der Waals surface area (Å²) >= 11 is 0. The van der Waals surface area contributed by atoms with E-state index in [4.69, 9.17) is 14.6 Å². The lowest BCUT2D eigenvalue weighted by Crippen LogP contribution is -2.49. The predicted octanol–water partition coefficient (Wildman–Crippen LogP) is 2.50. The summed E-state index contributed by atoms with van der Waals surface area (Å²) in [5.74, 6) is -0.143. The molecule has 0 amide bonds. The molecule has 8 heteroatoms. The van der Waals surface area contributed by atoms with E-state index in [9.17, 15) is 9.90 Å². The van der Waals surface area contributed by atoms with Crippen molar-refractivity contribution in [1.82, 2.24) is 14.8 Å². The van der Waals surface area contributed by atoms with Crippen LogP contribution >= 0.6 is 0 Å². The molecule has 1 aromatic heterocycles. The van der Waals surface area contributed by atoms with Crippen molar-refractivity contribution in [3.63, 3.8) is 0 Å². The number of aliphatic hydroxyl groups excluding tert-OH is 1. The van der Waals surface area contributed by atoms with Gasteiger partial charge in [0.2, 0.25) is 0 Å². The number of benzene rings is 2. The van der Waals surface area contributed by atoms with Crippen molar-refractivity contribution in [2.24, 2.45) is 0 Å². The third-order valence-corrected chi connectivity index (χ3v) is 6.02. The van der Waals surface area contributed by atoms with Gasteiger partial charge < -0.3 is 24.7 Å². The first-order chi connectivity index (χ1) is 16.2. The molecule has 2 heterocycles. The fourth-order valence-corrected chi connectivity index (χ4v) is 4.27. The maximum Gasteiger partial charge on any atom is 0.325 e. The Morgan fingerprint density at radius 1 is 1.06 bits per heavy atom. The van der Waals surface area contributed by atoms with E-state index in [1.54, 1.807) is 6.20 Å². The molecule has 0 aliphatic carbocycles. The number of aliphatic carboxylic acids is 1. The average molecular weight is 454 g/mol. The minimum atomic E-state index is -0.855. The molecular formula is C25H31N3O5. The Morgan fingerprint density at radius 3 is 2.58 bits per heavy atom. The Hall–Kier alpha value is -2.91. The summed E-state index contributed by atoms with van der Waals surface area (Å²) in [6.45, 7) is 5.05. The van der Waals surface area contributed by atoms with Gasteiger partial charge in [0, 0.05) is 55.4 Å². The number of H-pyrrole nitrogens is 1. The highest BCUT2D eigenvalue weighted by Gasteiger charge is 2.32. The maximum absolute atomic E-state index is 12.3. The molecule has 176 valence electrons. The van der Waals surface area contributed by atoms with Crippen LogP contribution in [0.2, 0.25) is 0 Å². The zero-order valence-corrected chi connectivity index (χ0v) is 18.7. The molecule has 3 N–H and O–H groups in total. The smallest absolute Gasteiger partial charge is 0.325 e.